The standard InChI is InChI=1S/C24H32BrN3O4S/c1-5-18(3)26-24(30)22(6-2)27(16-19-10-8-7-9-11-19)23(29)17-28(33(4,31)32)21-14-12-20(25)13-15-21/h7-15,18,22H,5-6,16-17H2,1-4H3,(H,26,30). The Morgan fingerprint density at radius 3 is 2.12 bits per heavy atom. The summed E-state index contributed by atoms with van der Waals surface area (Å²) >= 11 is 3.34. The van der Waals surface area contributed by atoms with Gasteiger partial charge in [0.1, 0.15) is 12.6 Å². The molecule has 180 valence electrons. The zero-order valence-corrected chi connectivity index (χ0v) is 21.9. The molecule has 33 heavy (non-hydrogen) atoms. The first-order valence-electron chi connectivity index (χ1n) is 10.9. The van der Waals surface area contributed by atoms with Gasteiger partial charge in [0.2, 0.25) is 21.8 Å². The lowest BCUT2D eigenvalue weighted by Crippen LogP contribution is -2.53. The summed E-state index contributed by atoms with van der Waals surface area (Å²) in [6.07, 6.45) is 2.23. The molecule has 0 aliphatic rings. The number of anilines is 1. The molecule has 1 N–H and O–H groups in total. The van der Waals surface area contributed by atoms with Crippen molar-refractivity contribution in [2.75, 3.05) is 17.1 Å². The molecule has 7 nitrogen and oxygen atoms in total. The second-order valence-electron chi connectivity index (χ2n) is 8.00. The second-order valence-corrected chi connectivity index (χ2v) is 10.8. The van der Waals surface area contributed by atoms with E-state index in [1.807, 2.05) is 51.1 Å². The summed E-state index contributed by atoms with van der Waals surface area (Å²) in [5, 5.41) is 2.95. The largest absolute Gasteiger partial charge is 0.352 e. The van der Waals surface area contributed by atoms with Gasteiger partial charge < -0.3 is 10.2 Å². The van der Waals surface area contributed by atoms with E-state index in [1.165, 1.54) is 4.90 Å². The maximum absolute atomic E-state index is 13.5. The van der Waals surface area contributed by atoms with Gasteiger partial charge in [-0.15, -0.1) is 0 Å². The van der Waals surface area contributed by atoms with E-state index in [1.54, 1.807) is 24.3 Å². The molecule has 2 atom stereocenters. The molecule has 0 heterocycles. The van der Waals surface area contributed by atoms with Gasteiger partial charge in [-0.05, 0) is 49.6 Å². The molecular weight excluding hydrogens is 506 g/mol. The van der Waals surface area contributed by atoms with Crippen LogP contribution in [0.5, 0.6) is 0 Å². The van der Waals surface area contributed by atoms with Crippen LogP contribution < -0.4 is 9.62 Å². The predicted octanol–water partition coefficient (Wildman–Crippen LogP) is 3.94. The molecule has 0 spiro atoms. The highest BCUT2D eigenvalue weighted by molar-refractivity contribution is 9.10. The quantitative estimate of drug-likeness (QED) is 0.470. The molecule has 0 fully saturated rings. The van der Waals surface area contributed by atoms with Crippen molar-refractivity contribution < 1.29 is 18.0 Å². The van der Waals surface area contributed by atoms with E-state index in [-0.39, 0.29) is 18.5 Å². The summed E-state index contributed by atoms with van der Waals surface area (Å²) in [5.41, 5.74) is 1.24. The van der Waals surface area contributed by atoms with Crippen molar-refractivity contribution in [1.82, 2.24) is 10.2 Å². The van der Waals surface area contributed by atoms with Crippen LogP contribution in [-0.4, -0.2) is 50.0 Å². The van der Waals surface area contributed by atoms with E-state index in [4.69, 9.17) is 0 Å². The van der Waals surface area contributed by atoms with Gasteiger partial charge in [0, 0.05) is 17.1 Å². The maximum Gasteiger partial charge on any atom is 0.244 e. The van der Waals surface area contributed by atoms with Crippen LogP contribution in [0.15, 0.2) is 59.1 Å². The van der Waals surface area contributed by atoms with Gasteiger partial charge in [-0.3, -0.25) is 13.9 Å². The van der Waals surface area contributed by atoms with Crippen LogP contribution in [0.3, 0.4) is 0 Å². The molecule has 2 rings (SSSR count). The third-order valence-corrected chi connectivity index (χ3v) is 7.05. The predicted molar refractivity (Wildman–Crippen MR) is 135 cm³/mol. The van der Waals surface area contributed by atoms with Gasteiger partial charge in [0.25, 0.3) is 0 Å². The number of nitrogens with zero attached hydrogens (tertiary/aromatic N) is 2. The molecule has 2 aromatic rings. The Kier molecular flexibility index (Phi) is 9.91. The molecule has 9 heteroatoms. The maximum atomic E-state index is 13.5. The van der Waals surface area contributed by atoms with Crippen molar-refractivity contribution >= 4 is 43.5 Å². The number of hydrogen-bond acceptors (Lipinski definition) is 4. The minimum atomic E-state index is -3.74. The van der Waals surface area contributed by atoms with Crippen LogP contribution in [0.4, 0.5) is 5.69 Å². The first kappa shape index (κ1) is 26.9. The Morgan fingerprint density at radius 1 is 1.00 bits per heavy atom. The van der Waals surface area contributed by atoms with Gasteiger partial charge in [-0.25, -0.2) is 8.42 Å². The molecule has 2 aromatic carbocycles. The van der Waals surface area contributed by atoms with Crippen molar-refractivity contribution in [1.29, 1.82) is 0 Å². The smallest absolute Gasteiger partial charge is 0.244 e. The summed E-state index contributed by atoms with van der Waals surface area (Å²) in [7, 11) is -3.74. The van der Waals surface area contributed by atoms with Gasteiger partial charge in [0.15, 0.2) is 0 Å². The van der Waals surface area contributed by atoms with Crippen LogP contribution >= 0.6 is 15.9 Å². The van der Waals surface area contributed by atoms with Crippen molar-refractivity contribution in [3.63, 3.8) is 0 Å². The number of nitrogens with one attached hydrogen (secondary N) is 1. The summed E-state index contributed by atoms with van der Waals surface area (Å²) in [4.78, 5) is 28.0. The average molecular weight is 539 g/mol. The first-order valence-corrected chi connectivity index (χ1v) is 13.6. The van der Waals surface area contributed by atoms with Crippen LogP contribution in [0.2, 0.25) is 0 Å². The Balaban J connectivity index is 2.39. The molecule has 0 aromatic heterocycles. The monoisotopic (exact) mass is 537 g/mol. The lowest BCUT2D eigenvalue weighted by molar-refractivity contribution is -0.140. The molecule has 2 amide bonds. The Morgan fingerprint density at radius 2 is 1.61 bits per heavy atom. The highest BCUT2D eigenvalue weighted by atomic mass is 79.9. The highest BCUT2D eigenvalue weighted by Gasteiger charge is 2.32. The molecular formula is C24H32BrN3O4S. The molecule has 0 aliphatic heterocycles. The molecule has 0 aliphatic carbocycles. The number of carbonyl (C=O) groups is 2. The fourth-order valence-electron chi connectivity index (χ4n) is 3.36. The minimum absolute atomic E-state index is 0.0319. The average Bonchev–Trinajstić information content (AvgIpc) is 2.77. The molecule has 0 saturated heterocycles. The third-order valence-electron chi connectivity index (χ3n) is 5.38. The van der Waals surface area contributed by atoms with Crippen molar-refractivity contribution in [2.24, 2.45) is 0 Å². The first-order chi connectivity index (χ1) is 15.6. The third kappa shape index (κ3) is 7.85. The summed E-state index contributed by atoms with van der Waals surface area (Å²) < 4.78 is 27.0. The van der Waals surface area contributed by atoms with Crippen molar-refractivity contribution in [2.45, 2.75) is 52.2 Å². The van der Waals surface area contributed by atoms with E-state index >= 15 is 0 Å². The van der Waals surface area contributed by atoms with E-state index in [0.29, 0.717) is 12.1 Å². The second kappa shape index (κ2) is 12.2. The van der Waals surface area contributed by atoms with Crippen molar-refractivity contribution in [3.05, 3.63) is 64.6 Å². The van der Waals surface area contributed by atoms with E-state index in [2.05, 4.69) is 21.2 Å². The summed E-state index contributed by atoms with van der Waals surface area (Å²) in [6, 6.07) is 15.3. The summed E-state index contributed by atoms with van der Waals surface area (Å²) in [6.45, 7) is 5.52. The fourth-order valence-corrected chi connectivity index (χ4v) is 4.48. The van der Waals surface area contributed by atoms with Gasteiger partial charge in [0.05, 0.1) is 11.9 Å². The van der Waals surface area contributed by atoms with E-state index in [0.717, 1.165) is 27.0 Å². The van der Waals surface area contributed by atoms with Crippen LogP contribution in [-0.2, 0) is 26.2 Å². The number of hydrogen-bond donors (Lipinski definition) is 1. The lowest BCUT2D eigenvalue weighted by Gasteiger charge is -2.33. The van der Waals surface area contributed by atoms with Crippen molar-refractivity contribution in [3.8, 4) is 0 Å². The Bertz CT molecular complexity index is 1030. The number of rotatable bonds is 11. The zero-order valence-electron chi connectivity index (χ0n) is 19.5. The fraction of sp³-hybridized carbons (Fsp3) is 0.417. The normalized spacial score (nSPS) is 13.1. The van der Waals surface area contributed by atoms with Crippen LogP contribution in [0.1, 0.15) is 39.2 Å². The van der Waals surface area contributed by atoms with Gasteiger partial charge in [-0.2, -0.15) is 0 Å². The van der Waals surface area contributed by atoms with Gasteiger partial charge in [-0.1, -0.05) is 60.1 Å². The molecule has 2 unspecified atom stereocenters. The topological polar surface area (TPSA) is 86.8 Å². The Hall–Kier alpha value is -2.39. The number of carbonyl (C=O) groups excluding carboxylic acids is 2. The highest BCUT2D eigenvalue weighted by Crippen LogP contribution is 2.22. The molecule has 0 saturated carbocycles. The molecule has 0 radical (unpaired) electrons. The van der Waals surface area contributed by atoms with E-state index in [9.17, 15) is 18.0 Å². The van der Waals surface area contributed by atoms with Gasteiger partial charge >= 0.3 is 0 Å². The molecule has 0 bridgehead atoms. The summed E-state index contributed by atoms with van der Waals surface area (Å²) in [5.74, 6) is -0.691. The lowest BCUT2D eigenvalue weighted by atomic mass is 10.1. The number of amides is 2. The van der Waals surface area contributed by atoms with Crippen LogP contribution in [0, 0.1) is 0 Å². The zero-order chi connectivity index (χ0) is 24.6. The van der Waals surface area contributed by atoms with Crippen LogP contribution in [0.25, 0.3) is 0 Å². The number of sulfonamides is 1. The number of benzene rings is 2. The SMILES string of the molecule is CCC(C)NC(=O)C(CC)N(Cc1ccccc1)C(=O)CN(c1ccc(Br)cc1)S(C)(=O)=O. The van der Waals surface area contributed by atoms with E-state index < -0.39 is 28.5 Å². The number of halogens is 1. The minimum Gasteiger partial charge on any atom is -0.352 e. The Labute approximate surface area is 205 Å².